The van der Waals surface area contributed by atoms with Crippen molar-refractivity contribution < 1.29 is 28.8 Å². The monoisotopic (exact) mass is 695 g/mol. The van der Waals surface area contributed by atoms with E-state index in [2.05, 4.69) is 31.5 Å². The third-order valence-corrected chi connectivity index (χ3v) is 10.3. The topological polar surface area (TPSA) is 169 Å². The van der Waals surface area contributed by atoms with Crippen molar-refractivity contribution in [1.29, 1.82) is 0 Å². The molecule has 276 valence electrons. The quantitative estimate of drug-likeness (QED) is 0.286. The second-order valence-corrected chi connectivity index (χ2v) is 14.6. The number of hydrogen-bond donors (Lipinski definition) is 5. The minimum Gasteiger partial charge on any atom is -0.355 e. The molecule has 0 radical (unpaired) electrons. The van der Waals surface area contributed by atoms with Gasteiger partial charge in [0.15, 0.2) is 0 Å². The molecule has 1 aromatic rings. The number of carbonyl (C=O) groups excluding carboxylic acids is 6. The van der Waals surface area contributed by atoms with Crippen LogP contribution in [0.15, 0.2) is 30.3 Å². The van der Waals surface area contributed by atoms with Crippen molar-refractivity contribution in [1.82, 2.24) is 36.4 Å². The first-order valence-electron chi connectivity index (χ1n) is 18.4. The van der Waals surface area contributed by atoms with E-state index in [0.717, 1.165) is 37.9 Å². The smallest absolute Gasteiger partial charge is 0.245 e. The van der Waals surface area contributed by atoms with Crippen LogP contribution in [0.3, 0.4) is 0 Å². The lowest BCUT2D eigenvalue weighted by Crippen LogP contribution is -2.59. The van der Waals surface area contributed by atoms with Crippen molar-refractivity contribution in [2.75, 3.05) is 33.2 Å². The molecule has 3 fully saturated rings. The molecule has 3 saturated heterocycles. The van der Waals surface area contributed by atoms with Crippen LogP contribution in [0.25, 0.3) is 0 Å². The molecule has 4 rings (SSSR count). The van der Waals surface area contributed by atoms with Gasteiger partial charge in [-0.25, -0.2) is 0 Å². The van der Waals surface area contributed by atoms with E-state index in [1.807, 2.05) is 30.3 Å². The van der Waals surface area contributed by atoms with Gasteiger partial charge in [0.05, 0.1) is 6.54 Å². The zero-order valence-corrected chi connectivity index (χ0v) is 30.2. The van der Waals surface area contributed by atoms with Crippen LogP contribution >= 0.6 is 0 Å². The Hall–Kier alpha value is -4.00. The number of piperidine rings is 2. The van der Waals surface area contributed by atoms with E-state index in [0.29, 0.717) is 24.8 Å². The van der Waals surface area contributed by atoms with Crippen LogP contribution in [-0.4, -0.2) is 109 Å². The zero-order chi connectivity index (χ0) is 36.2. The molecule has 3 heterocycles. The van der Waals surface area contributed by atoms with Crippen LogP contribution in [0, 0.1) is 11.8 Å². The summed E-state index contributed by atoms with van der Waals surface area (Å²) in [7, 11) is 1.50. The molecule has 0 bridgehead atoms. The molecule has 3 aliphatic rings. The summed E-state index contributed by atoms with van der Waals surface area (Å²) >= 11 is 0. The van der Waals surface area contributed by atoms with Gasteiger partial charge < -0.3 is 36.4 Å². The Labute approximate surface area is 296 Å². The number of carbonyl (C=O) groups is 6. The molecular formula is C37H57N7O6. The van der Waals surface area contributed by atoms with E-state index in [1.165, 1.54) is 38.1 Å². The van der Waals surface area contributed by atoms with Crippen LogP contribution in [0.1, 0.15) is 84.1 Å². The molecule has 0 unspecified atom stereocenters. The van der Waals surface area contributed by atoms with Crippen LogP contribution in [-0.2, 0) is 35.2 Å². The molecule has 13 nitrogen and oxygen atoms in total. The number of hydrogen-bond acceptors (Lipinski definition) is 7. The minimum atomic E-state index is -1.03. The van der Waals surface area contributed by atoms with E-state index < -0.39 is 47.8 Å². The Kier molecular flexibility index (Phi) is 14.6. The Bertz CT molecular complexity index is 1340. The first kappa shape index (κ1) is 38.8. The SMILES string of the molecule is CC(C)[C@H]1NC(=O)[C@@H](NC(=O)CC[C@@H]2CCCN3CCCC[C@H]23)CCCNC(=O)CN(C)C(=O)[C@H](Cc2ccccc2)NC(=O)[C@@H](C)NC1=O. The molecule has 0 spiro atoms. The third-order valence-electron chi connectivity index (χ3n) is 10.3. The van der Waals surface area contributed by atoms with Crippen molar-refractivity contribution in [3.05, 3.63) is 35.9 Å². The highest BCUT2D eigenvalue weighted by Crippen LogP contribution is 2.33. The summed E-state index contributed by atoms with van der Waals surface area (Å²) in [5, 5.41) is 14.0. The van der Waals surface area contributed by atoms with Gasteiger partial charge in [-0.2, -0.15) is 0 Å². The van der Waals surface area contributed by atoms with Gasteiger partial charge in [0.1, 0.15) is 24.2 Å². The summed E-state index contributed by atoms with van der Waals surface area (Å²) < 4.78 is 0. The zero-order valence-electron chi connectivity index (χ0n) is 30.2. The molecule has 3 aliphatic heterocycles. The fraction of sp³-hybridized carbons (Fsp3) is 0.676. The number of nitrogens with zero attached hydrogens (tertiary/aromatic N) is 2. The molecule has 6 amide bonds. The predicted molar refractivity (Wildman–Crippen MR) is 189 cm³/mol. The predicted octanol–water partition coefficient (Wildman–Crippen LogP) is 1.26. The van der Waals surface area contributed by atoms with Crippen LogP contribution in [0.4, 0.5) is 0 Å². The molecule has 0 saturated carbocycles. The lowest BCUT2D eigenvalue weighted by Gasteiger charge is -2.44. The number of rotatable bonds is 7. The number of fused-ring (bicyclic) bond motifs is 1. The van der Waals surface area contributed by atoms with E-state index in [9.17, 15) is 28.8 Å². The summed E-state index contributed by atoms with van der Waals surface area (Å²) in [5.74, 6) is -2.56. The highest BCUT2D eigenvalue weighted by atomic mass is 16.2. The van der Waals surface area contributed by atoms with Gasteiger partial charge in [-0.05, 0) is 82.4 Å². The Balaban J connectivity index is 1.46. The summed E-state index contributed by atoms with van der Waals surface area (Å²) in [4.78, 5) is 83.9. The van der Waals surface area contributed by atoms with Gasteiger partial charge in [0.2, 0.25) is 35.4 Å². The summed E-state index contributed by atoms with van der Waals surface area (Å²) in [6.07, 6.45) is 7.72. The largest absolute Gasteiger partial charge is 0.355 e. The molecule has 13 heteroatoms. The van der Waals surface area contributed by atoms with Gasteiger partial charge in [-0.1, -0.05) is 50.6 Å². The van der Waals surface area contributed by atoms with Crippen molar-refractivity contribution in [2.45, 2.75) is 115 Å². The van der Waals surface area contributed by atoms with Gasteiger partial charge in [-0.3, -0.25) is 28.8 Å². The van der Waals surface area contributed by atoms with Crippen molar-refractivity contribution in [3.63, 3.8) is 0 Å². The van der Waals surface area contributed by atoms with Crippen molar-refractivity contribution >= 4 is 35.4 Å². The summed E-state index contributed by atoms with van der Waals surface area (Å²) in [6.45, 7) is 7.32. The van der Waals surface area contributed by atoms with E-state index in [4.69, 9.17) is 0 Å². The van der Waals surface area contributed by atoms with Gasteiger partial charge in [0, 0.05) is 32.5 Å². The van der Waals surface area contributed by atoms with Gasteiger partial charge in [0.25, 0.3) is 0 Å². The molecule has 0 aromatic heterocycles. The second-order valence-electron chi connectivity index (χ2n) is 14.6. The first-order valence-corrected chi connectivity index (χ1v) is 18.4. The second kappa shape index (κ2) is 18.8. The maximum absolute atomic E-state index is 13.7. The first-order chi connectivity index (χ1) is 23.9. The molecule has 0 aliphatic carbocycles. The molecule has 1 aromatic carbocycles. The van der Waals surface area contributed by atoms with Gasteiger partial charge in [-0.15, -0.1) is 0 Å². The highest BCUT2D eigenvalue weighted by molar-refractivity contribution is 5.96. The summed E-state index contributed by atoms with van der Waals surface area (Å²) in [6, 6.07) is 5.80. The third kappa shape index (κ3) is 11.3. The Morgan fingerprint density at radius 3 is 2.36 bits per heavy atom. The minimum absolute atomic E-state index is 0.190. The van der Waals surface area contributed by atoms with Crippen LogP contribution in [0.5, 0.6) is 0 Å². The number of nitrogens with one attached hydrogen (secondary N) is 5. The average molecular weight is 696 g/mol. The molecule has 6 atom stereocenters. The lowest BCUT2D eigenvalue weighted by atomic mass is 9.81. The highest BCUT2D eigenvalue weighted by Gasteiger charge is 2.35. The van der Waals surface area contributed by atoms with Gasteiger partial charge >= 0.3 is 0 Å². The number of benzene rings is 1. The Morgan fingerprint density at radius 2 is 1.62 bits per heavy atom. The van der Waals surface area contributed by atoms with Crippen LogP contribution < -0.4 is 26.6 Å². The molecular weight excluding hydrogens is 638 g/mol. The van der Waals surface area contributed by atoms with Crippen molar-refractivity contribution in [2.24, 2.45) is 11.8 Å². The van der Waals surface area contributed by atoms with Crippen molar-refractivity contribution in [3.8, 4) is 0 Å². The maximum Gasteiger partial charge on any atom is 0.245 e. The van der Waals surface area contributed by atoms with Crippen LogP contribution in [0.2, 0.25) is 0 Å². The summed E-state index contributed by atoms with van der Waals surface area (Å²) in [5.41, 5.74) is 0.817. The van der Waals surface area contributed by atoms with E-state index in [-0.39, 0.29) is 43.7 Å². The maximum atomic E-state index is 13.7. The molecule has 50 heavy (non-hydrogen) atoms. The normalized spacial score (nSPS) is 28.3. The molecule has 5 N–H and O–H groups in total. The fourth-order valence-corrected chi connectivity index (χ4v) is 7.42. The lowest BCUT2D eigenvalue weighted by molar-refractivity contribution is -0.139. The van der Waals surface area contributed by atoms with E-state index >= 15 is 0 Å². The van der Waals surface area contributed by atoms with E-state index in [1.54, 1.807) is 13.8 Å². The number of likely N-dealkylation sites (N-methyl/N-ethyl adjacent to an activating group) is 1. The average Bonchev–Trinajstić information content (AvgIpc) is 3.09. The standard InChI is InChI=1S/C37H57N7O6/c1-24(2)33-36(49)39-25(3)34(47)41-29(22-26-12-6-5-7-13-26)37(50)43(4)23-32(46)38-19-10-15-28(35(48)42-33)40-31(45)18-17-27-14-11-21-44-20-9-8-16-30(27)44/h5-7,12-13,24-25,27-30,33H,8-11,14-23H2,1-4H3,(H,38,46)(H,39,49)(H,40,45)(H,41,47)(H,42,48)/t25-,27+,28+,29+,30-,33-/m1/s1. The fourth-order valence-electron chi connectivity index (χ4n) is 7.42. The number of amides is 6. The Morgan fingerprint density at radius 1 is 0.880 bits per heavy atom.